The van der Waals surface area contributed by atoms with Gasteiger partial charge in [-0.05, 0) is 98.2 Å². The van der Waals surface area contributed by atoms with Crippen molar-refractivity contribution in [2.45, 2.75) is 41.5 Å². The molecule has 0 radical (unpaired) electrons. The van der Waals surface area contributed by atoms with Crippen LogP contribution in [0.4, 0.5) is 0 Å². The summed E-state index contributed by atoms with van der Waals surface area (Å²) in [6.45, 7) is 12.9. The predicted molar refractivity (Wildman–Crippen MR) is 98.8 cm³/mol. The lowest BCUT2D eigenvalue weighted by Gasteiger charge is -2.16. The van der Waals surface area contributed by atoms with Crippen LogP contribution in [-0.2, 0) is 0 Å². The van der Waals surface area contributed by atoms with E-state index in [4.69, 9.17) is 5.73 Å². The molecule has 0 fully saturated rings. The molecule has 2 aromatic carbocycles. The standard InChI is InChI=1S/C21H25NO/c1-12-7-8-19(21(22)23)11-18(12)9-10-20-16(5)14(3)13(2)15(4)17(20)6/h7-11H,1-6H3,(H2,22,23)/b10-9+. The first kappa shape index (κ1) is 17.0. The second kappa shape index (κ2) is 6.41. The number of amides is 1. The molecule has 0 aromatic heterocycles. The van der Waals surface area contributed by atoms with E-state index in [2.05, 4.69) is 46.8 Å². The Kier molecular flexibility index (Phi) is 4.74. The van der Waals surface area contributed by atoms with Crippen LogP contribution in [0.3, 0.4) is 0 Å². The zero-order valence-corrected chi connectivity index (χ0v) is 14.9. The maximum atomic E-state index is 11.4. The van der Waals surface area contributed by atoms with Gasteiger partial charge in [0, 0.05) is 5.56 Å². The summed E-state index contributed by atoms with van der Waals surface area (Å²) in [7, 11) is 0. The van der Waals surface area contributed by atoms with Gasteiger partial charge < -0.3 is 5.73 Å². The summed E-state index contributed by atoms with van der Waals surface area (Å²) in [5, 5.41) is 0. The number of hydrogen-bond donors (Lipinski definition) is 1. The first-order valence-electron chi connectivity index (χ1n) is 7.89. The predicted octanol–water partition coefficient (Wildman–Crippen LogP) is 4.81. The molecule has 0 spiro atoms. The first-order chi connectivity index (χ1) is 10.7. The molecule has 0 unspecified atom stereocenters. The molecule has 2 aromatic rings. The molecule has 120 valence electrons. The summed E-state index contributed by atoms with van der Waals surface area (Å²) in [6, 6.07) is 5.56. The Balaban J connectivity index is 2.54. The van der Waals surface area contributed by atoms with Gasteiger partial charge in [-0.15, -0.1) is 0 Å². The van der Waals surface area contributed by atoms with Crippen molar-refractivity contribution in [1.82, 2.24) is 0 Å². The van der Waals surface area contributed by atoms with E-state index < -0.39 is 5.91 Å². The van der Waals surface area contributed by atoms with Crippen LogP contribution >= 0.6 is 0 Å². The van der Waals surface area contributed by atoms with Crippen molar-refractivity contribution in [2.75, 3.05) is 0 Å². The van der Waals surface area contributed by atoms with Crippen molar-refractivity contribution in [3.63, 3.8) is 0 Å². The van der Waals surface area contributed by atoms with Crippen LogP contribution in [0, 0.1) is 41.5 Å². The summed E-state index contributed by atoms with van der Waals surface area (Å²) in [5.74, 6) is -0.394. The van der Waals surface area contributed by atoms with E-state index in [1.807, 2.05) is 19.1 Å². The van der Waals surface area contributed by atoms with Crippen LogP contribution in [0.2, 0.25) is 0 Å². The van der Waals surface area contributed by atoms with Crippen molar-refractivity contribution < 1.29 is 4.79 Å². The van der Waals surface area contributed by atoms with Crippen molar-refractivity contribution in [1.29, 1.82) is 0 Å². The molecule has 0 aliphatic carbocycles. The normalized spacial score (nSPS) is 11.2. The highest BCUT2D eigenvalue weighted by Crippen LogP contribution is 2.28. The smallest absolute Gasteiger partial charge is 0.248 e. The molecule has 2 rings (SSSR count). The molecule has 0 saturated carbocycles. The van der Waals surface area contributed by atoms with Crippen LogP contribution in [0.15, 0.2) is 18.2 Å². The molecule has 0 aliphatic rings. The van der Waals surface area contributed by atoms with Crippen LogP contribution in [0.5, 0.6) is 0 Å². The number of benzene rings is 2. The molecule has 0 aliphatic heterocycles. The average molecular weight is 307 g/mol. The van der Waals surface area contributed by atoms with Crippen LogP contribution in [0.25, 0.3) is 12.2 Å². The molecule has 0 atom stereocenters. The van der Waals surface area contributed by atoms with Gasteiger partial charge in [0.2, 0.25) is 5.91 Å². The number of hydrogen-bond acceptors (Lipinski definition) is 1. The fourth-order valence-corrected chi connectivity index (χ4v) is 2.93. The maximum absolute atomic E-state index is 11.4. The lowest BCUT2D eigenvalue weighted by Crippen LogP contribution is -2.10. The summed E-state index contributed by atoms with van der Waals surface area (Å²) in [4.78, 5) is 11.4. The lowest BCUT2D eigenvalue weighted by atomic mass is 9.89. The molecule has 0 saturated heterocycles. The largest absolute Gasteiger partial charge is 0.366 e. The quantitative estimate of drug-likeness (QED) is 0.813. The summed E-state index contributed by atoms with van der Waals surface area (Å²) >= 11 is 0. The molecular formula is C21H25NO. The molecule has 1 amide bonds. The number of nitrogens with two attached hydrogens (primary N) is 1. The van der Waals surface area contributed by atoms with Crippen molar-refractivity contribution in [3.8, 4) is 0 Å². The van der Waals surface area contributed by atoms with E-state index in [1.54, 1.807) is 6.07 Å². The summed E-state index contributed by atoms with van der Waals surface area (Å²) in [5.41, 5.74) is 16.0. The van der Waals surface area contributed by atoms with Gasteiger partial charge >= 0.3 is 0 Å². The van der Waals surface area contributed by atoms with E-state index in [1.165, 1.54) is 33.4 Å². The number of primary amides is 1. The monoisotopic (exact) mass is 307 g/mol. The second-order valence-electron chi connectivity index (χ2n) is 6.31. The second-order valence-corrected chi connectivity index (χ2v) is 6.31. The van der Waals surface area contributed by atoms with E-state index in [9.17, 15) is 4.79 Å². The highest BCUT2D eigenvalue weighted by atomic mass is 16.1. The zero-order chi connectivity index (χ0) is 17.3. The minimum absolute atomic E-state index is 0.394. The molecule has 2 nitrogen and oxygen atoms in total. The number of carbonyl (C=O) groups is 1. The van der Waals surface area contributed by atoms with Gasteiger partial charge in [-0.1, -0.05) is 18.2 Å². The van der Waals surface area contributed by atoms with Crippen molar-refractivity contribution in [2.24, 2.45) is 5.73 Å². The van der Waals surface area contributed by atoms with Gasteiger partial charge in [-0.3, -0.25) is 4.79 Å². The molecule has 2 heteroatoms. The summed E-state index contributed by atoms with van der Waals surface area (Å²) < 4.78 is 0. The topological polar surface area (TPSA) is 43.1 Å². The number of aryl methyl sites for hydroxylation is 1. The van der Waals surface area contributed by atoms with E-state index in [0.29, 0.717) is 5.56 Å². The van der Waals surface area contributed by atoms with Gasteiger partial charge in [0.25, 0.3) is 0 Å². The molecule has 0 bridgehead atoms. The van der Waals surface area contributed by atoms with Crippen molar-refractivity contribution in [3.05, 3.63) is 68.3 Å². The van der Waals surface area contributed by atoms with Crippen LogP contribution < -0.4 is 5.73 Å². The van der Waals surface area contributed by atoms with E-state index in [-0.39, 0.29) is 0 Å². The Morgan fingerprint density at radius 1 is 0.826 bits per heavy atom. The van der Waals surface area contributed by atoms with Gasteiger partial charge in [0.05, 0.1) is 0 Å². The molecule has 0 heterocycles. The Hall–Kier alpha value is -2.35. The number of carbonyl (C=O) groups excluding carboxylic acids is 1. The third-order valence-corrected chi connectivity index (χ3v) is 5.05. The van der Waals surface area contributed by atoms with Crippen LogP contribution in [0.1, 0.15) is 54.9 Å². The fourth-order valence-electron chi connectivity index (χ4n) is 2.93. The Labute approximate surface area is 139 Å². The minimum Gasteiger partial charge on any atom is -0.366 e. The Bertz CT molecular complexity index is 784. The number of rotatable bonds is 3. The SMILES string of the molecule is Cc1ccc(C(N)=O)cc1/C=C/c1c(C)c(C)c(C)c(C)c1C. The van der Waals surface area contributed by atoms with Crippen molar-refractivity contribution >= 4 is 18.1 Å². The first-order valence-corrected chi connectivity index (χ1v) is 7.89. The molecular weight excluding hydrogens is 282 g/mol. The third kappa shape index (κ3) is 3.21. The van der Waals surface area contributed by atoms with Gasteiger partial charge in [0.15, 0.2) is 0 Å². The molecule has 23 heavy (non-hydrogen) atoms. The van der Waals surface area contributed by atoms with Gasteiger partial charge in [-0.25, -0.2) is 0 Å². The van der Waals surface area contributed by atoms with E-state index in [0.717, 1.165) is 11.1 Å². The highest BCUT2D eigenvalue weighted by Gasteiger charge is 2.10. The fraction of sp³-hybridized carbons (Fsp3) is 0.286. The zero-order valence-electron chi connectivity index (χ0n) is 14.9. The lowest BCUT2D eigenvalue weighted by molar-refractivity contribution is 0.100. The Morgan fingerprint density at radius 2 is 1.35 bits per heavy atom. The molecule has 2 N–H and O–H groups in total. The summed E-state index contributed by atoms with van der Waals surface area (Å²) in [6.07, 6.45) is 4.22. The van der Waals surface area contributed by atoms with Crippen LogP contribution in [-0.4, -0.2) is 5.91 Å². The average Bonchev–Trinajstić information content (AvgIpc) is 2.52. The van der Waals surface area contributed by atoms with Gasteiger partial charge in [-0.2, -0.15) is 0 Å². The Morgan fingerprint density at radius 3 is 1.87 bits per heavy atom. The van der Waals surface area contributed by atoms with Gasteiger partial charge in [0.1, 0.15) is 0 Å². The minimum atomic E-state index is -0.394. The van der Waals surface area contributed by atoms with E-state index >= 15 is 0 Å². The third-order valence-electron chi connectivity index (χ3n) is 5.05. The highest BCUT2D eigenvalue weighted by molar-refractivity contribution is 5.94. The maximum Gasteiger partial charge on any atom is 0.248 e.